The summed E-state index contributed by atoms with van der Waals surface area (Å²) in [6.45, 7) is 1.53. The first kappa shape index (κ1) is 12.2. The van der Waals surface area contributed by atoms with Crippen LogP contribution in [0.25, 0.3) is 0 Å². The monoisotopic (exact) mass is 249 g/mol. The van der Waals surface area contributed by atoms with Crippen LogP contribution in [0.5, 0.6) is 5.75 Å². The number of aromatic nitrogens is 3. The van der Waals surface area contributed by atoms with Gasteiger partial charge in [-0.15, -0.1) is 0 Å². The van der Waals surface area contributed by atoms with Gasteiger partial charge in [0.05, 0.1) is 5.56 Å². The largest absolute Gasteiger partial charge is 0.485 e. The number of hydrogen-bond acceptors (Lipinski definition) is 4. The molecule has 0 fully saturated rings. The SMILES string of the molecule is CC(=O)c1ccc(F)cc1OCc1ncnn1C. The third-order valence-corrected chi connectivity index (χ3v) is 2.48. The van der Waals surface area contributed by atoms with Gasteiger partial charge in [-0.2, -0.15) is 5.10 Å². The third kappa shape index (κ3) is 2.53. The van der Waals surface area contributed by atoms with E-state index in [9.17, 15) is 9.18 Å². The Balaban J connectivity index is 2.20. The van der Waals surface area contributed by atoms with E-state index in [4.69, 9.17) is 4.74 Å². The molecule has 18 heavy (non-hydrogen) atoms. The average Bonchev–Trinajstić information content (AvgIpc) is 2.72. The van der Waals surface area contributed by atoms with Crippen LogP contribution in [0.15, 0.2) is 24.5 Å². The van der Waals surface area contributed by atoms with Crippen LogP contribution in [0.4, 0.5) is 4.39 Å². The van der Waals surface area contributed by atoms with Crippen molar-refractivity contribution < 1.29 is 13.9 Å². The highest BCUT2D eigenvalue weighted by atomic mass is 19.1. The maximum absolute atomic E-state index is 13.1. The van der Waals surface area contributed by atoms with Gasteiger partial charge in [0.15, 0.2) is 11.6 Å². The molecule has 2 aromatic rings. The van der Waals surface area contributed by atoms with E-state index >= 15 is 0 Å². The molecule has 0 N–H and O–H groups in total. The number of carbonyl (C=O) groups is 1. The lowest BCUT2D eigenvalue weighted by molar-refractivity contribution is 0.101. The highest BCUT2D eigenvalue weighted by Gasteiger charge is 2.11. The molecule has 0 atom stereocenters. The summed E-state index contributed by atoms with van der Waals surface area (Å²) in [6.07, 6.45) is 1.40. The molecule has 1 aromatic carbocycles. The minimum atomic E-state index is -0.451. The van der Waals surface area contributed by atoms with Gasteiger partial charge in [0.1, 0.15) is 24.5 Å². The number of Topliss-reactive ketones (excluding diaryl/α,β-unsaturated/α-hetero) is 1. The van der Waals surface area contributed by atoms with Gasteiger partial charge in [0.2, 0.25) is 0 Å². The lowest BCUT2D eigenvalue weighted by Crippen LogP contribution is -2.07. The van der Waals surface area contributed by atoms with Gasteiger partial charge in [-0.25, -0.2) is 9.37 Å². The lowest BCUT2D eigenvalue weighted by Gasteiger charge is -2.09. The summed E-state index contributed by atoms with van der Waals surface area (Å²) in [7, 11) is 1.73. The fourth-order valence-electron chi connectivity index (χ4n) is 1.50. The van der Waals surface area contributed by atoms with Crippen molar-refractivity contribution in [2.75, 3.05) is 0 Å². The molecule has 94 valence electrons. The molecule has 0 spiro atoms. The second-order valence-electron chi connectivity index (χ2n) is 3.79. The van der Waals surface area contributed by atoms with Gasteiger partial charge in [-0.1, -0.05) is 0 Å². The van der Waals surface area contributed by atoms with E-state index in [-0.39, 0.29) is 18.1 Å². The first-order valence-corrected chi connectivity index (χ1v) is 5.34. The van der Waals surface area contributed by atoms with Crippen molar-refractivity contribution in [2.24, 2.45) is 7.05 Å². The molecule has 0 aliphatic rings. The summed E-state index contributed by atoms with van der Waals surface area (Å²) in [4.78, 5) is 15.3. The first-order valence-electron chi connectivity index (χ1n) is 5.34. The third-order valence-electron chi connectivity index (χ3n) is 2.48. The highest BCUT2D eigenvalue weighted by Crippen LogP contribution is 2.21. The average molecular weight is 249 g/mol. The van der Waals surface area contributed by atoms with Crippen LogP contribution in [0, 0.1) is 5.82 Å². The fourth-order valence-corrected chi connectivity index (χ4v) is 1.50. The molecule has 2 rings (SSSR count). The number of ether oxygens (including phenoxy) is 1. The Bertz CT molecular complexity index is 580. The number of aryl methyl sites for hydroxylation is 1. The quantitative estimate of drug-likeness (QED) is 0.774. The van der Waals surface area contributed by atoms with E-state index in [0.29, 0.717) is 11.4 Å². The number of carbonyl (C=O) groups excluding carboxylic acids is 1. The second kappa shape index (κ2) is 4.95. The number of ketones is 1. The number of hydrogen-bond donors (Lipinski definition) is 0. The molecule has 1 aromatic heterocycles. The van der Waals surface area contributed by atoms with Crippen LogP contribution in [0.1, 0.15) is 23.1 Å². The normalized spacial score (nSPS) is 10.4. The molecule has 5 nitrogen and oxygen atoms in total. The molecule has 0 bridgehead atoms. The molecular weight excluding hydrogens is 237 g/mol. The molecule has 0 saturated heterocycles. The molecule has 0 aliphatic carbocycles. The fraction of sp³-hybridized carbons (Fsp3) is 0.250. The molecule has 0 amide bonds. The summed E-state index contributed by atoms with van der Waals surface area (Å²) in [5.41, 5.74) is 0.346. The van der Waals surface area contributed by atoms with Gasteiger partial charge < -0.3 is 4.74 Å². The van der Waals surface area contributed by atoms with Crippen LogP contribution >= 0.6 is 0 Å². The van der Waals surface area contributed by atoms with Gasteiger partial charge in [0, 0.05) is 13.1 Å². The molecule has 0 saturated carbocycles. The van der Waals surface area contributed by atoms with Crippen molar-refractivity contribution in [1.29, 1.82) is 0 Å². The van der Waals surface area contributed by atoms with Gasteiger partial charge in [0.25, 0.3) is 0 Å². The van der Waals surface area contributed by atoms with Crippen molar-refractivity contribution >= 4 is 5.78 Å². The number of rotatable bonds is 4. The zero-order valence-electron chi connectivity index (χ0n) is 10.1. The molecule has 0 aliphatic heterocycles. The first-order chi connectivity index (χ1) is 8.58. The zero-order chi connectivity index (χ0) is 13.1. The van der Waals surface area contributed by atoms with Crippen molar-refractivity contribution in [3.05, 3.63) is 41.7 Å². The van der Waals surface area contributed by atoms with E-state index in [1.54, 1.807) is 11.7 Å². The van der Waals surface area contributed by atoms with Gasteiger partial charge in [-0.3, -0.25) is 9.48 Å². The molecule has 0 radical (unpaired) electrons. The molecule has 1 heterocycles. The summed E-state index contributed by atoms with van der Waals surface area (Å²) in [6, 6.07) is 3.82. The van der Waals surface area contributed by atoms with E-state index < -0.39 is 5.82 Å². The predicted octanol–water partition coefficient (Wildman–Crippen LogP) is 1.74. The van der Waals surface area contributed by atoms with Crippen molar-refractivity contribution in [3.8, 4) is 5.75 Å². The minimum Gasteiger partial charge on any atom is -0.485 e. The maximum atomic E-state index is 13.1. The van der Waals surface area contributed by atoms with E-state index in [1.165, 1.54) is 31.5 Å². The summed E-state index contributed by atoms with van der Waals surface area (Å²) in [5, 5.41) is 3.89. The van der Waals surface area contributed by atoms with Crippen molar-refractivity contribution in [2.45, 2.75) is 13.5 Å². The minimum absolute atomic E-state index is 0.125. The smallest absolute Gasteiger partial charge is 0.164 e. The Labute approximate surface area is 103 Å². The summed E-state index contributed by atoms with van der Waals surface area (Å²) >= 11 is 0. The topological polar surface area (TPSA) is 57.0 Å². The Morgan fingerprint density at radius 2 is 2.28 bits per heavy atom. The Kier molecular flexibility index (Phi) is 3.36. The maximum Gasteiger partial charge on any atom is 0.164 e. The lowest BCUT2D eigenvalue weighted by atomic mass is 10.1. The summed E-state index contributed by atoms with van der Waals surface area (Å²) < 4.78 is 20.1. The van der Waals surface area contributed by atoms with E-state index in [1.807, 2.05) is 0 Å². The Morgan fingerprint density at radius 3 is 2.89 bits per heavy atom. The zero-order valence-corrected chi connectivity index (χ0v) is 10.1. The standard InChI is InChI=1S/C12H12FN3O2/c1-8(17)10-4-3-9(13)5-11(10)18-6-12-14-7-15-16(12)2/h3-5,7H,6H2,1-2H3. The van der Waals surface area contributed by atoms with Crippen LogP contribution in [0.3, 0.4) is 0 Å². The molecule has 0 unspecified atom stereocenters. The predicted molar refractivity (Wildman–Crippen MR) is 61.7 cm³/mol. The number of benzene rings is 1. The Morgan fingerprint density at radius 1 is 1.50 bits per heavy atom. The van der Waals surface area contributed by atoms with Crippen molar-refractivity contribution in [3.63, 3.8) is 0 Å². The van der Waals surface area contributed by atoms with Crippen LogP contribution in [-0.4, -0.2) is 20.5 Å². The van der Waals surface area contributed by atoms with Crippen LogP contribution in [-0.2, 0) is 13.7 Å². The second-order valence-corrected chi connectivity index (χ2v) is 3.79. The molecule has 6 heteroatoms. The van der Waals surface area contributed by atoms with Crippen LogP contribution in [0.2, 0.25) is 0 Å². The highest BCUT2D eigenvalue weighted by molar-refractivity contribution is 5.96. The number of halogens is 1. The van der Waals surface area contributed by atoms with Crippen LogP contribution < -0.4 is 4.74 Å². The van der Waals surface area contributed by atoms with Crippen molar-refractivity contribution in [1.82, 2.24) is 14.8 Å². The van der Waals surface area contributed by atoms with Gasteiger partial charge in [-0.05, 0) is 19.1 Å². The van der Waals surface area contributed by atoms with E-state index in [0.717, 1.165) is 0 Å². The molecular formula is C12H12FN3O2. The van der Waals surface area contributed by atoms with E-state index in [2.05, 4.69) is 10.1 Å². The summed E-state index contributed by atoms with van der Waals surface area (Å²) in [5.74, 6) is 0.176. The Hall–Kier alpha value is -2.24. The number of nitrogens with zero attached hydrogens (tertiary/aromatic N) is 3. The van der Waals surface area contributed by atoms with Gasteiger partial charge >= 0.3 is 0 Å².